The van der Waals surface area contributed by atoms with Gasteiger partial charge in [-0.1, -0.05) is 41.6 Å². The van der Waals surface area contributed by atoms with Crippen LogP contribution in [0.1, 0.15) is 5.56 Å². The van der Waals surface area contributed by atoms with Gasteiger partial charge < -0.3 is 14.4 Å². The first-order valence-corrected chi connectivity index (χ1v) is 12.6. The Kier molecular flexibility index (Phi) is 6.18. The summed E-state index contributed by atoms with van der Waals surface area (Å²) in [5.41, 5.74) is 1.41. The number of ether oxygens (including phenoxy) is 2. The number of aliphatic imine (C=N–C) groups is 1. The average Bonchev–Trinajstić information content (AvgIpc) is 3.18. The highest BCUT2D eigenvalue weighted by molar-refractivity contribution is 8.16. The lowest BCUT2D eigenvalue weighted by Gasteiger charge is -2.25. The van der Waals surface area contributed by atoms with Crippen molar-refractivity contribution in [2.75, 3.05) is 30.6 Å². The summed E-state index contributed by atoms with van der Waals surface area (Å²) in [5.74, 6) is 0.867. The second-order valence-electron chi connectivity index (χ2n) is 7.27. The molecule has 2 aliphatic rings. The Morgan fingerprint density at radius 1 is 1.16 bits per heavy atom. The standard InChI is InChI=1S/C21H21ClN2O5S2/c1-28-17-6-4-3-5-13(17)9-20(25)23-21-24(14-7-8-18(29-2)15(22)10-14)16-11-31(26,27)12-19(16)30-21/h3-8,10,16,19H,9,11-12H2,1-2H3. The van der Waals surface area contributed by atoms with Gasteiger partial charge in [-0.2, -0.15) is 4.99 Å². The highest BCUT2D eigenvalue weighted by Gasteiger charge is 2.49. The number of hydrogen-bond acceptors (Lipinski definition) is 6. The zero-order chi connectivity index (χ0) is 22.2. The molecule has 31 heavy (non-hydrogen) atoms. The average molecular weight is 481 g/mol. The van der Waals surface area contributed by atoms with Crippen LogP contribution >= 0.6 is 23.4 Å². The number of anilines is 1. The van der Waals surface area contributed by atoms with Crippen LogP contribution in [-0.2, 0) is 21.1 Å². The molecule has 0 saturated carbocycles. The molecule has 2 heterocycles. The number of methoxy groups -OCH3 is 2. The van der Waals surface area contributed by atoms with Crippen LogP contribution in [-0.4, -0.2) is 56.5 Å². The molecule has 2 unspecified atom stereocenters. The zero-order valence-corrected chi connectivity index (χ0v) is 19.3. The molecular weight excluding hydrogens is 460 g/mol. The molecule has 0 radical (unpaired) electrons. The number of para-hydroxylation sites is 1. The fourth-order valence-electron chi connectivity index (χ4n) is 3.83. The quantitative estimate of drug-likeness (QED) is 0.649. The summed E-state index contributed by atoms with van der Waals surface area (Å²) in [6.07, 6.45) is 0.0823. The highest BCUT2D eigenvalue weighted by Crippen LogP contribution is 2.42. The Bertz CT molecular complexity index is 1150. The number of thioether (sulfide) groups is 1. The number of fused-ring (bicyclic) bond motifs is 1. The van der Waals surface area contributed by atoms with Gasteiger partial charge in [0.15, 0.2) is 15.0 Å². The van der Waals surface area contributed by atoms with Crippen molar-refractivity contribution in [3.05, 3.63) is 53.1 Å². The smallest absolute Gasteiger partial charge is 0.252 e. The van der Waals surface area contributed by atoms with Crippen LogP contribution in [0.15, 0.2) is 47.5 Å². The SMILES string of the molecule is COc1ccc(N2C(=NC(=O)Cc3ccccc3OC)SC3CS(=O)(=O)CC32)cc1Cl. The maximum Gasteiger partial charge on any atom is 0.252 e. The summed E-state index contributed by atoms with van der Waals surface area (Å²) < 4.78 is 35.0. The lowest BCUT2D eigenvalue weighted by atomic mass is 10.1. The van der Waals surface area contributed by atoms with Gasteiger partial charge in [0.05, 0.1) is 43.2 Å². The van der Waals surface area contributed by atoms with E-state index in [0.29, 0.717) is 27.4 Å². The molecule has 4 rings (SSSR count). The van der Waals surface area contributed by atoms with Crippen molar-refractivity contribution in [3.8, 4) is 11.5 Å². The molecule has 2 saturated heterocycles. The van der Waals surface area contributed by atoms with Gasteiger partial charge in [-0.3, -0.25) is 4.79 Å². The first-order valence-electron chi connectivity index (χ1n) is 9.54. The van der Waals surface area contributed by atoms with E-state index in [1.54, 1.807) is 31.4 Å². The van der Waals surface area contributed by atoms with Crippen molar-refractivity contribution in [2.24, 2.45) is 4.99 Å². The second kappa shape index (κ2) is 8.72. The van der Waals surface area contributed by atoms with Gasteiger partial charge in [-0.15, -0.1) is 0 Å². The minimum atomic E-state index is -3.16. The van der Waals surface area contributed by atoms with Crippen molar-refractivity contribution in [3.63, 3.8) is 0 Å². The van der Waals surface area contributed by atoms with Crippen molar-refractivity contribution < 1.29 is 22.7 Å². The van der Waals surface area contributed by atoms with Crippen molar-refractivity contribution in [1.82, 2.24) is 0 Å². The van der Waals surface area contributed by atoms with E-state index in [4.69, 9.17) is 21.1 Å². The number of nitrogens with zero attached hydrogens (tertiary/aromatic N) is 2. The number of carbonyl (C=O) groups is 1. The number of halogens is 1. The van der Waals surface area contributed by atoms with Gasteiger partial charge >= 0.3 is 0 Å². The predicted molar refractivity (Wildman–Crippen MR) is 123 cm³/mol. The maximum atomic E-state index is 12.8. The normalized spacial score (nSPS) is 23.1. The molecule has 0 aromatic heterocycles. The van der Waals surface area contributed by atoms with Gasteiger partial charge in [0.2, 0.25) is 0 Å². The number of sulfone groups is 1. The molecule has 2 aromatic rings. The van der Waals surface area contributed by atoms with Gasteiger partial charge in [0.25, 0.3) is 5.91 Å². The third kappa shape index (κ3) is 4.53. The fourth-order valence-corrected chi connectivity index (χ4v) is 8.01. The summed E-state index contributed by atoms with van der Waals surface area (Å²) >= 11 is 7.63. The van der Waals surface area contributed by atoms with E-state index in [9.17, 15) is 13.2 Å². The molecule has 2 aromatic carbocycles. The Morgan fingerprint density at radius 3 is 2.61 bits per heavy atom. The minimum absolute atomic E-state index is 0.00797. The third-order valence-electron chi connectivity index (χ3n) is 5.23. The largest absolute Gasteiger partial charge is 0.496 e. The summed E-state index contributed by atoms with van der Waals surface area (Å²) in [6, 6.07) is 12.2. The molecular formula is C21H21ClN2O5S2. The van der Waals surface area contributed by atoms with Gasteiger partial charge in [0.1, 0.15) is 11.5 Å². The Labute approximate surface area is 190 Å². The van der Waals surface area contributed by atoms with Crippen LogP contribution in [0.25, 0.3) is 0 Å². The van der Waals surface area contributed by atoms with Crippen LogP contribution < -0.4 is 14.4 Å². The molecule has 2 fully saturated rings. The number of amides is 1. The zero-order valence-electron chi connectivity index (χ0n) is 16.9. The second-order valence-corrected chi connectivity index (χ2v) is 11.0. The van der Waals surface area contributed by atoms with E-state index in [2.05, 4.69) is 4.99 Å². The summed E-state index contributed by atoms with van der Waals surface area (Å²) in [5, 5.41) is 0.684. The summed E-state index contributed by atoms with van der Waals surface area (Å²) in [4.78, 5) is 18.9. The first-order chi connectivity index (χ1) is 14.8. The third-order valence-corrected chi connectivity index (χ3v) is 8.74. The maximum absolute atomic E-state index is 12.8. The molecule has 0 spiro atoms. The van der Waals surface area contributed by atoms with Crippen molar-refractivity contribution in [2.45, 2.75) is 17.7 Å². The van der Waals surface area contributed by atoms with Gasteiger partial charge in [0, 0.05) is 16.5 Å². The highest BCUT2D eigenvalue weighted by atomic mass is 35.5. The first kappa shape index (κ1) is 22.0. The van der Waals surface area contributed by atoms with Crippen LogP contribution in [0.3, 0.4) is 0 Å². The Hall–Kier alpha value is -2.23. The molecule has 0 aliphatic carbocycles. The number of hydrogen-bond donors (Lipinski definition) is 0. The van der Waals surface area contributed by atoms with E-state index in [-0.39, 0.29) is 35.1 Å². The summed E-state index contributed by atoms with van der Waals surface area (Å²) in [7, 11) is -0.0777. The molecule has 0 bridgehead atoms. The number of rotatable bonds is 5. The topological polar surface area (TPSA) is 85.3 Å². The van der Waals surface area contributed by atoms with E-state index < -0.39 is 9.84 Å². The predicted octanol–water partition coefficient (Wildman–Crippen LogP) is 3.20. The molecule has 2 aliphatic heterocycles. The van der Waals surface area contributed by atoms with Crippen molar-refractivity contribution in [1.29, 1.82) is 0 Å². The Balaban J connectivity index is 1.67. The van der Waals surface area contributed by atoms with Gasteiger partial charge in [-0.25, -0.2) is 8.42 Å². The fraction of sp³-hybridized carbons (Fsp3) is 0.333. The monoisotopic (exact) mass is 480 g/mol. The molecule has 10 heteroatoms. The summed E-state index contributed by atoms with van der Waals surface area (Å²) in [6.45, 7) is 0. The molecule has 7 nitrogen and oxygen atoms in total. The molecule has 0 N–H and O–H groups in total. The van der Waals surface area contributed by atoms with Crippen LogP contribution in [0, 0.1) is 0 Å². The molecule has 2 atom stereocenters. The molecule has 164 valence electrons. The lowest BCUT2D eigenvalue weighted by molar-refractivity contribution is -0.117. The van der Waals surface area contributed by atoms with Crippen LogP contribution in [0.4, 0.5) is 5.69 Å². The van der Waals surface area contributed by atoms with Crippen molar-refractivity contribution >= 4 is 50.0 Å². The van der Waals surface area contributed by atoms with E-state index in [0.717, 1.165) is 5.56 Å². The number of benzene rings is 2. The Morgan fingerprint density at radius 2 is 1.90 bits per heavy atom. The number of carbonyl (C=O) groups excluding carboxylic acids is 1. The van der Waals surface area contributed by atoms with Crippen LogP contribution in [0.2, 0.25) is 5.02 Å². The van der Waals surface area contributed by atoms with Gasteiger partial charge in [-0.05, 0) is 24.3 Å². The number of amidine groups is 1. The van der Waals surface area contributed by atoms with E-state index in [1.807, 2.05) is 23.1 Å². The van der Waals surface area contributed by atoms with E-state index >= 15 is 0 Å². The molecule has 1 amide bonds. The van der Waals surface area contributed by atoms with E-state index in [1.165, 1.54) is 18.9 Å². The lowest BCUT2D eigenvalue weighted by Crippen LogP contribution is -2.37. The van der Waals surface area contributed by atoms with Crippen LogP contribution in [0.5, 0.6) is 11.5 Å². The minimum Gasteiger partial charge on any atom is -0.496 e.